The zero-order chi connectivity index (χ0) is 13.7. The largest absolute Gasteiger partial charge is 0.467 e. The van der Waals surface area contributed by atoms with Crippen LogP contribution in [-0.4, -0.2) is 19.1 Å². The number of esters is 1. The van der Waals surface area contributed by atoms with Crippen LogP contribution in [0.25, 0.3) is 0 Å². The quantitative estimate of drug-likeness (QED) is 0.852. The van der Waals surface area contributed by atoms with Crippen molar-refractivity contribution in [2.75, 3.05) is 12.4 Å². The Labute approximate surface area is 119 Å². The molecule has 0 bridgehead atoms. The molecule has 0 radical (unpaired) electrons. The SMILES string of the molecule is COC(=O)C(Nc1cccc(Cl)c1)C1CCCCC1. The Morgan fingerprint density at radius 3 is 2.74 bits per heavy atom. The summed E-state index contributed by atoms with van der Waals surface area (Å²) in [7, 11) is 1.44. The third-order valence-corrected chi connectivity index (χ3v) is 3.96. The van der Waals surface area contributed by atoms with Crippen molar-refractivity contribution in [3.63, 3.8) is 0 Å². The maximum atomic E-state index is 12.0. The number of hydrogen-bond acceptors (Lipinski definition) is 3. The highest BCUT2D eigenvalue weighted by atomic mass is 35.5. The smallest absolute Gasteiger partial charge is 0.328 e. The van der Waals surface area contributed by atoms with Crippen LogP contribution in [0.15, 0.2) is 24.3 Å². The summed E-state index contributed by atoms with van der Waals surface area (Å²) < 4.78 is 4.93. The molecule has 1 atom stereocenters. The average Bonchev–Trinajstić information content (AvgIpc) is 2.45. The van der Waals surface area contributed by atoms with E-state index < -0.39 is 0 Å². The number of carbonyl (C=O) groups excluding carboxylic acids is 1. The molecule has 1 aromatic rings. The Morgan fingerprint density at radius 2 is 2.11 bits per heavy atom. The normalized spacial score (nSPS) is 17.8. The second-order valence-corrected chi connectivity index (χ2v) is 5.49. The lowest BCUT2D eigenvalue weighted by molar-refractivity contribution is -0.143. The van der Waals surface area contributed by atoms with Crippen LogP contribution in [0.2, 0.25) is 5.02 Å². The lowest BCUT2D eigenvalue weighted by Crippen LogP contribution is -2.38. The van der Waals surface area contributed by atoms with Crippen molar-refractivity contribution in [3.05, 3.63) is 29.3 Å². The van der Waals surface area contributed by atoms with E-state index in [-0.39, 0.29) is 12.0 Å². The van der Waals surface area contributed by atoms with Crippen molar-refractivity contribution in [3.8, 4) is 0 Å². The van der Waals surface area contributed by atoms with Crippen molar-refractivity contribution < 1.29 is 9.53 Å². The number of hydrogen-bond donors (Lipinski definition) is 1. The first-order valence-corrected chi connectivity index (χ1v) is 7.18. The van der Waals surface area contributed by atoms with Gasteiger partial charge in [0.2, 0.25) is 0 Å². The van der Waals surface area contributed by atoms with Gasteiger partial charge in [0, 0.05) is 10.7 Å². The molecule has 0 heterocycles. The van der Waals surface area contributed by atoms with Gasteiger partial charge < -0.3 is 10.1 Å². The highest BCUT2D eigenvalue weighted by Gasteiger charge is 2.30. The van der Waals surface area contributed by atoms with Gasteiger partial charge in [-0.2, -0.15) is 0 Å². The van der Waals surface area contributed by atoms with Crippen molar-refractivity contribution in [1.82, 2.24) is 0 Å². The Hall–Kier alpha value is -1.22. The van der Waals surface area contributed by atoms with Crippen molar-refractivity contribution in [1.29, 1.82) is 0 Å². The summed E-state index contributed by atoms with van der Waals surface area (Å²) in [4.78, 5) is 12.0. The molecule has 0 aromatic heterocycles. The van der Waals surface area contributed by atoms with E-state index in [1.54, 1.807) is 0 Å². The molecule has 1 aliphatic rings. The number of methoxy groups -OCH3 is 1. The molecule has 3 nitrogen and oxygen atoms in total. The van der Waals surface area contributed by atoms with Crippen LogP contribution in [0, 0.1) is 5.92 Å². The third-order valence-electron chi connectivity index (χ3n) is 3.72. The number of rotatable bonds is 4. The first-order valence-electron chi connectivity index (χ1n) is 6.80. The molecule has 2 rings (SSSR count). The van der Waals surface area contributed by atoms with Gasteiger partial charge in [0.15, 0.2) is 0 Å². The molecule has 1 aliphatic carbocycles. The topological polar surface area (TPSA) is 38.3 Å². The molecular weight excluding hydrogens is 262 g/mol. The van der Waals surface area contributed by atoms with Gasteiger partial charge in [-0.05, 0) is 37.0 Å². The second-order valence-electron chi connectivity index (χ2n) is 5.05. The van der Waals surface area contributed by atoms with Crippen LogP contribution >= 0.6 is 11.6 Å². The Kier molecular flexibility index (Phi) is 5.08. The molecule has 0 spiro atoms. The van der Waals surface area contributed by atoms with E-state index >= 15 is 0 Å². The zero-order valence-corrected chi connectivity index (χ0v) is 12.0. The number of anilines is 1. The van der Waals surface area contributed by atoms with Crippen LogP contribution in [0.3, 0.4) is 0 Å². The highest BCUT2D eigenvalue weighted by molar-refractivity contribution is 6.30. The molecule has 4 heteroatoms. The van der Waals surface area contributed by atoms with Crippen LogP contribution < -0.4 is 5.32 Å². The summed E-state index contributed by atoms with van der Waals surface area (Å²) >= 11 is 5.97. The summed E-state index contributed by atoms with van der Waals surface area (Å²) in [5, 5.41) is 3.95. The Bertz CT molecular complexity index is 430. The van der Waals surface area contributed by atoms with Crippen LogP contribution in [0.1, 0.15) is 32.1 Å². The van der Waals surface area contributed by atoms with Crippen LogP contribution in [0.5, 0.6) is 0 Å². The fraction of sp³-hybridized carbons (Fsp3) is 0.533. The van der Waals surface area contributed by atoms with Gasteiger partial charge in [0.1, 0.15) is 6.04 Å². The van der Waals surface area contributed by atoms with E-state index in [1.165, 1.54) is 26.4 Å². The minimum Gasteiger partial charge on any atom is -0.467 e. The lowest BCUT2D eigenvalue weighted by Gasteiger charge is -2.29. The average molecular weight is 282 g/mol. The molecule has 0 aliphatic heterocycles. The predicted octanol–water partition coefficient (Wildman–Crippen LogP) is 3.87. The standard InChI is InChI=1S/C15H20ClNO2/c1-19-15(18)14(11-6-3-2-4-7-11)17-13-9-5-8-12(16)10-13/h5,8-11,14,17H,2-4,6-7H2,1H3. The van der Waals surface area contributed by atoms with Crippen molar-refractivity contribution in [2.24, 2.45) is 5.92 Å². The maximum absolute atomic E-state index is 12.0. The number of halogens is 1. The third kappa shape index (κ3) is 3.87. The molecule has 1 unspecified atom stereocenters. The van der Waals surface area contributed by atoms with E-state index in [0.29, 0.717) is 10.9 Å². The number of nitrogens with one attached hydrogen (secondary N) is 1. The first kappa shape index (κ1) is 14.2. The first-order chi connectivity index (χ1) is 9.20. The summed E-state index contributed by atoms with van der Waals surface area (Å²) in [5.41, 5.74) is 0.869. The monoisotopic (exact) mass is 281 g/mol. The Balaban J connectivity index is 2.11. The van der Waals surface area contributed by atoms with Gasteiger partial charge in [-0.25, -0.2) is 4.79 Å². The molecule has 1 aromatic carbocycles. The van der Waals surface area contributed by atoms with E-state index in [2.05, 4.69) is 5.32 Å². The highest BCUT2D eigenvalue weighted by Crippen LogP contribution is 2.29. The van der Waals surface area contributed by atoms with Crippen LogP contribution in [-0.2, 0) is 9.53 Å². The fourth-order valence-electron chi connectivity index (χ4n) is 2.72. The molecule has 1 saturated carbocycles. The summed E-state index contributed by atoms with van der Waals surface area (Å²) in [6.45, 7) is 0. The van der Waals surface area contributed by atoms with E-state index in [4.69, 9.17) is 16.3 Å². The second kappa shape index (κ2) is 6.80. The fourth-order valence-corrected chi connectivity index (χ4v) is 2.91. The van der Waals surface area contributed by atoms with Crippen molar-refractivity contribution >= 4 is 23.3 Å². The summed E-state index contributed by atoms with van der Waals surface area (Å²) in [6, 6.07) is 7.18. The zero-order valence-electron chi connectivity index (χ0n) is 11.2. The number of ether oxygens (including phenoxy) is 1. The molecule has 0 amide bonds. The maximum Gasteiger partial charge on any atom is 0.328 e. The van der Waals surface area contributed by atoms with E-state index in [1.807, 2.05) is 24.3 Å². The van der Waals surface area contributed by atoms with Gasteiger partial charge in [-0.15, -0.1) is 0 Å². The molecule has 0 saturated heterocycles. The van der Waals surface area contributed by atoms with E-state index in [9.17, 15) is 4.79 Å². The molecule has 1 N–H and O–H groups in total. The van der Waals surface area contributed by atoms with Gasteiger partial charge >= 0.3 is 5.97 Å². The van der Waals surface area contributed by atoms with Crippen molar-refractivity contribution in [2.45, 2.75) is 38.1 Å². The molecule has 1 fully saturated rings. The van der Waals surface area contributed by atoms with Crippen LogP contribution in [0.4, 0.5) is 5.69 Å². The number of benzene rings is 1. The Morgan fingerprint density at radius 1 is 1.37 bits per heavy atom. The minimum atomic E-state index is -0.274. The lowest BCUT2D eigenvalue weighted by atomic mass is 9.83. The summed E-state index contributed by atoms with van der Waals surface area (Å²) in [5.74, 6) is 0.159. The molecular formula is C15H20ClNO2. The number of carbonyl (C=O) groups is 1. The van der Waals surface area contributed by atoms with Gasteiger partial charge in [0.05, 0.1) is 7.11 Å². The molecule has 104 valence electrons. The summed E-state index contributed by atoms with van der Waals surface area (Å²) in [6.07, 6.45) is 5.80. The van der Waals surface area contributed by atoms with Gasteiger partial charge in [0.25, 0.3) is 0 Å². The predicted molar refractivity (Wildman–Crippen MR) is 77.5 cm³/mol. The molecule has 19 heavy (non-hydrogen) atoms. The van der Waals surface area contributed by atoms with Gasteiger partial charge in [-0.1, -0.05) is 36.9 Å². The van der Waals surface area contributed by atoms with Gasteiger partial charge in [-0.3, -0.25) is 0 Å². The van der Waals surface area contributed by atoms with E-state index in [0.717, 1.165) is 18.5 Å². The minimum absolute atomic E-state index is 0.188.